The molecule has 0 fully saturated rings. The number of pyridine rings is 1. The minimum Gasteiger partial charge on any atom is -0.410 e. The zero-order valence-electron chi connectivity index (χ0n) is 14.0. The van der Waals surface area contributed by atoms with E-state index < -0.39 is 11.6 Å². The van der Waals surface area contributed by atoms with Crippen molar-refractivity contribution < 1.29 is 14.0 Å². The van der Waals surface area contributed by atoms with E-state index in [1.807, 2.05) is 30.3 Å². The Morgan fingerprint density at radius 3 is 2.44 bits per heavy atom. The summed E-state index contributed by atoms with van der Waals surface area (Å²) in [5.74, 6) is -1.73. The van der Waals surface area contributed by atoms with Crippen LogP contribution < -0.4 is 5.73 Å². The molecule has 0 saturated heterocycles. The van der Waals surface area contributed by atoms with Gasteiger partial charge in [-0.2, -0.15) is 0 Å². The van der Waals surface area contributed by atoms with Gasteiger partial charge in [0.05, 0.1) is 5.69 Å². The van der Waals surface area contributed by atoms with Crippen LogP contribution in [0.25, 0.3) is 16.9 Å². The molecule has 0 aliphatic rings. The quantitative estimate of drug-likeness (QED) is 0.327. The smallest absolute Gasteiger partial charge is 0.159 e. The minimum absolute atomic E-state index is 0.181. The molecule has 4 aromatic rings. The van der Waals surface area contributed by atoms with E-state index in [9.17, 15) is 14.0 Å². The van der Waals surface area contributed by atoms with Gasteiger partial charge in [0.2, 0.25) is 0 Å². The molecule has 0 spiro atoms. The number of rotatable bonds is 3. The lowest BCUT2D eigenvalue weighted by atomic mass is 10.0. The van der Waals surface area contributed by atoms with Gasteiger partial charge in [0.1, 0.15) is 11.4 Å². The number of benzene rings is 2. The van der Waals surface area contributed by atoms with E-state index >= 15 is 0 Å². The minimum atomic E-state index is -0.972. The molecule has 2 heterocycles. The van der Waals surface area contributed by atoms with Gasteiger partial charge in [-0.05, 0) is 30.3 Å². The van der Waals surface area contributed by atoms with Crippen molar-refractivity contribution >= 4 is 17.2 Å². The molecule has 27 heavy (non-hydrogen) atoms. The van der Waals surface area contributed by atoms with Crippen molar-refractivity contribution in [1.82, 2.24) is 9.38 Å². The molecule has 0 aliphatic heterocycles. The number of halogens is 2. The first-order chi connectivity index (χ1) is 13.1. The van der Waals surface area contributed by atoms with Crippen LogP contribution in [-0.2, 0) is 0 Å². The molecule has 0 amide bonds. The summed E-state index contributed by atoms with van der Waals surface area (Å²) in [5.41, 5.74) is 9.05. The van der Waals surface area contributed by atoms with E-state index in [1.54, 1.807) is 22.7 Å². The predicted octanol–water partition coefficient (Wildman–Crippen LogP) is 4.09. The number of nitrogens with two attached hydrogens (primary N) is 1. The number of nitrogens with zero attached hydrogens (tertiary/aromatic N) is 3. The highest BCUT2D eigenvalue weighted by atomic mass is 19.2. The number of hydrogen-bond acceptors (Lipinski definition) is 4. The fourth-order valence-electron chi connectivity index (χ4n) is 3.01. The average molecular weight is 364 g/mol. The van der Waals surface area contributed by atoms with Crippen LogP contribution in [0.4, 0.5) is 14.6 Å². The molecular weight excluding hydrogens is 350 g/mol. The highest BCUT2D eigenvalue weighted by Crippen LogP contribution is 2.29. The van der Waals surface area contributed by atoms with Gasteiger partial charge in [-0.3, -0.25) is 4.40 Å². The molecule has 0 saturated carbocycles. The third-order valence-corrected chi connectivity index (χ3v) is 4.26. The first-order valence-electron chi connectivity index (χ1n) is 8.09. The SMILES string of the molecule is Nc1nc2ccc(C(=NO)c3ccccc3)cn2c1-c1ccc(F)c(F)c1. The van der Waals surface area contributed by atoms with Crippen molar-refractivity contribution in [2.45, 2.75) is 0 Å². The maximum Gasteiger partial charge on any atom is 0.159 e. The summed E-state index contributed by atoms with van der Waals surface area (Å²) < 4.78 is 28.6. The molecule has 7 heteroatoms. The Labute approximate surface area is 153 Å². The van der Waals surface area contributed by atoms with E-state index in [0.29, 0.717) is 28.2 Å². The molecule has 5 nitrogen and oxygen atoms in total. The second-order valence-electron chi connectivity index (χ2n) is 5.94. The Kier molecular flexibility index (Phi) is 4.04. The number of anilines is 1. The highest BCUT2D eigenvalue weighted by molar-refractivity contribution is 6.12. The third kappa shape index (κ3) is 2.89. The fourth-order valence-corrected chi connectivity index (χ4v) is 3.01. The molecule has 3 N–H and O–H groups in total. The fraction of sp³-hybridized carbons (Fsp3) is 0. The molecule has 0 aliphatic carbocycles. The summed E-state index contributed by atoms with van der Waals surface area (Å²) in [6.45, 7) is 0. The molecule has 0 radical (unpaired) electrons. The summed E-state index contributed by atoms with van der Waals surface area (Å²) >= 11 is 0. The summed E-state index contributed by atoms with van der Waals surface area (Å²) in [5, 5.41) is 12.9. The monoisotopic (exact) mass is 364 g/mol. The Hall–Kier alpha value is -3.74. The molecule has 2 aromatic heterocycles. The lowest BCUT2D eigenvalue weighted by molar-refractivity contribution is 0.319. The first kappa shape index (κ1) is 16.7. The number of aromatic nitrogens is 2. The molecular formula is C20H14F2N4O. The molecule has 0 unspecified atom stereocenters. The van der Waals surface area contributed by atoms with Crippen LogP contribution in [0.1, 0.15) is 11.1 Å². The van der Waals surface area contributed by atoms with E-state index in [1.165, 1.54) is 6.07 Å². The average Bonchev–Trinajstić information content (AvgIpc) is 3.01. The Balaban J connectivity index is 1.91. The van der Waals surface area contributed by atoms with Crippen LogP contribution in [0, 0.1) is 11.6 Å². The summed E-state index contributed by atoms with van der Waals surface area (Å²) in [7, 11) is 0. The lowest BCUT2D eigenvalue weighted by Gasteiger charge is -2.08. The van der Waals surface area contributed by atoms with Gasteiger partial charge in [0, 0.05) is 22.9 Å². The highest BCUT2D eigenvalue weighted by Gasteiger charge is 2.16. The maximum atomic E-state index is 13.7. The standard InChI is InChI=1S/C20H14F2N4O/c21-15-8-6-13(10-16(15)22)19-20(23)24-17-9-7-14(11-26(17)19)18(25-27)12-4-2-1-3-5-12/h1-11,27H,23H2. The summed E-state index contributed by atoms with van der Waals surface area (Å²) in [4.78, 5) is 4.26. The van der Waals surface area contributed by atoms with Gasteiger partial charge in [0.15, 0.2) is 17.5 Å². The molecule has 4 rings (SSSR count). The largest absolute Gasteiger partial charge is 0.410 e. The van der Waals surface area contributed by atoms with E-state index in [4.69, 9.17) is 5.73 Å². The van der Waals surface area contributed by atoms with Crippen molar-refractivity contribution in [1.29, 1.82) is 0 Å². The first-order valence-corrected chi connectivity index (χ1v) is 8.09. The van der Waals surface area contributed by atoms with Crippen molar-refractivity contribution in [2.75, 3.05) is 5.73 Å². The lowest BCUT2D eigenvalue weighted by Crippen LogP contribution is -2.05. The normalized spacial score (nSPS) is 11.9. The number of fused-ring (bicyclic) bond motifs is 1. The number of hydrogen-bond donors (Lipinski definition) is 2. The van der Waals surface area contributed by atoms with Crippen molar-refractivity contribution in [3.63, 3.8) is 0 Å². The number of nitrogen functional groups attached to an aromatic ring is 1. The van der Waals surface area contributed by atoms with Crippen LogP contribution in [0.3, 0.4) is 0 Å². The van der Waals surface area contributed by atoms with Crippen molar-refractivity contribution in [2.24, 2.45) is 5.16 Å². The molecule has 0 bridgehead atoms. The van der Waals surface area contributed by atoms with Gasteiger partial charge in [-0.25, -0.2) is 13.8 Å². The van der Waals surface area contributed by atoms with Crippen LogP contribution >= 0.6 is 0 Å². The topological polar surface area (TPSA) is 75.9 Å². The Morgan fingerprint density at radius 2 is 1.74 bits per heavy atom. The number of imidazole rings is 1. The van der Waals surface area contributed by atoms with Crippen LogP contribution in [0.15, 0.2) is 72.0 Å². The van der Waals surface area contributed by atoms with Gasteiger partial charge in [0.25, 0.3) is 0 Å². The van der Waals surface area contributed by atoms with Crippen molar-refractivity contribution in [3.8, 4) is 11.3 Å². The second kappa shape index (κ2) is 6.53. The zero-order valence-corrected chi connectivity index (χ0v) is 14.0. The zero-order chi connectivity index (χ0) is 19.0. The van der Waals surface area contributed by atoms with E-state index in [2.05, 4.69) is 10.1 Å². The maximum absolute atomic E-state index is 13.7. The third-order valence-electron chi connectivity index (χ3n) is 4.26. The van der Waals surface area contributed by atoms with E-state index in [-0.39, 0.29) is 5.82 Å². The Bertz CT molecular complexity index is 1170. The van der Waals surface area contributed by atoms with Gasteiger partial charge < -0.3 is 10.9 Å². The van der Waals surface area contributed by atoms with Crippen LogP contribution in [0.2, 0.25) is 0 Å². The van der Waals surface area contributed by atoms with Crippen molar-refractivity contribution in [3.05, 3.63) is 89.6 Å². The summed E-state index contributed by atoms with van der Waals surface area (Å²) in [6, 6.07) is 16.2. The molecule has 0 atom stereocenters. The number of oxime groups is 1. The van der Waals surface area contributed by atoms with E-state index in [0.717, 1.165) is 17.7 Å². The molecule has 2 aromatic carbocycles. The summed E-state index contributed by atoms with van der Waals surface area (Å²) in [6.07, 6.45) is 1.69. The molecule has 134 valence electrons. The van der Waals surface area contributed by atoms with Crippen LogP contribution in [-0.4, -0.2) is 20.3 Å². The van der Waals surface area contributed by atoms with Gasteiger partial charge in [-0.1, -0.05) is 35.5 Å². The van der Waals surface area contributed by atoms with Gasteiger partial charge >= 0.3 is 0 Å². The second-order valence-corrected chi connectivity index (χ2v) is 5.94. The predicted molar refractivity (Wildman–Crippen MR) is 98.8 cm³/mol. The van der Waals surface area contributed by atoms with Crippen LogP contribution in [0.5, 0.6) is 0 Å². The van der Waals surface area contributed by atoms with Gasteiger partial charge in [-0.15, -0.1) is 0 Å². The Morgan fingerprint density at radius 1 is 0.963 bits per heavy atom.